The Hall–Kier alpha value is 1.07. The van der Waals surface area contributed by atoms with Crippen LogP contribution in [0.5, 0.6) is 0 Å². The molecule has 0 N–H and O–H groups in total. The molecule has 0 aromatic rings. The van der Waals surface area contributed by atoms with Crippen LogP contribution in [0.25, 0.3) is 0 Å². The van der Waals surface area contributed by atoms with Crippen LogP contribution < -0.4 is 0 Å². The van der Waals surface area contributed by atoms with Gasteiger partial charge in [-0.1, -0.05) is 23.3 Å². The van der Waals surface area contributed by atoms with E-state index >= 15 is 0 Å². The number of halogens is 4. The van der Waals surface area contributed by atoms with Gasteiger partial charge in [-0.2, -0.15) is 0 Å². The second kappa shape index (κ2) is 7.61. The van der Waals surface area contributed by atoms with E-state index in [4.69, 9.17) is 44.3 Å². The SMILES string of the molecule is CC=C(C)C[Si](Cl)(Cl)C[Si](Cl)(Cl)CC(C)=CC. The van der Waals surface area contributed by atoms with Crippen LogP contribution in [-0.2, 0) is 0 Å². The van der Waals surface area contributed by atoms with E-state index in [9.17, 15) is 0 Å². The van der Waals surface area contributed by atoms with Crippen LogP contribution in [0.4, 0.5) is 0 Å². The fraction of sp³-hybridized carbons (Fsp3) is 0.636. The summed E-state index contributed by atoms with van der Waals surface area (Å²) >= 11 is 25.7. The van der Waals surface area contributed by atoms with Gasteiger partial charge in [-0.25, -0.2) is 0 Å². The second-order valence-electron chi connectivity index (χ2n) is 4.51. The number of hydrogen-bond donors (Lipinski definition) is 0. The van der Waals surface area contributed by atoms with Crippen LogP contribution in [0.2, 0.25) is 17.8 Å². The van der Waals surface area contributed by atoms with Crippen LogP contribution in [0.15, 0.2) is 23.3 Å². The molecule has 0 aliphatic rings. The predicted molar refractivity (Wildman–Crippen MR) is 88.2 cm³/mol. The van der Waals surface area contributed by atoms with Crippen molar-refractivity contribution in [3.63, 3.8) is 0 Å². The molecule has 0 amide bonds. The maximum atomic E-state index is 6.43. The van der Waals surface area contributed by atoms with Crippen LogP contribution in [0, 0.1) is 0 Å². The zero-order valence-electron chi connectivity index (χ0n) is 10.8. The van der Waals surface area contributed by atoms with Gasteiger partial charge in [0.05, 0.1) is 0 Å². The first kappa shape index (κ1) is 18.1. The molecule has 0 saturated heterocycles. The molecule has 0 unspecified atom stereocenters. The van der Waals surface area contributed by atoms with E-state index in [0.29, 0.717) is 5.67 Å². The number of rotatable bonds is 6. The summed E-state index contributed by atoms with van der Waals surface area (Å²) in [5, 5.41) is 0. The Balaban J connectivity index is 4.58. The summed E-state index contributed by atoms with van der Waals surface area (Å²) in [6.07, 6.45) is 4.07. The highest BCUT2D eigenvalue weighted by atomic mass is 35.7. The molecular formula is C11H20Cl4Si2. The Kier molecular flexibility index (Phi) is 8.09. The van der Waals surface area contributed by atoms with E-state index in [1.54, 1.807) is 0 Å². The molecule has 17 heavy (non-hydrogen) atoms. The lowest BCUT2D eigenvalue weighted by Crippen LogP contribution is -2.33. The Labute approximate surface area is 126 Å². The first-order valence-electron chi connectivity index (χ1n) is 5.61. The average molecular weight is 350 g/mol. The van der Waals surface area contributed by atoms with Crippen molar-refractivity contribution in [2.75, 3.05) is 0 Å². The fourth-order valence-electron chi connectivity index (χ4n) is 1.52. The lowest BCUT2D eigenvalue weighted by Gasteiger charge is -2.24. The summed E-state index contributed by atoms with van der Waals surface area (Å²) in [5.74, 6) is 0. The van der Waals surface area contributed by atoms with Gasteiger partial charge >= 0.3 is 0 Å². The van der Waals surface area contributed by atoms with Crippen molar-refractivity contribution < 1.29 is 0 Å². The van der Waals surface area contributed by atoms with Gasteiger partial charge < -0.3 is 0 Å². The molecule has 0 aromatic carbocycles. The van der Waals surface area contributed by atoms with Crippen molar-refractivity contribution in [3.05, 3.63) is 23.3 Å². The van der Waals surface area contributed by atoms with Crippen molar-refractivity contribution in [1.29, 1.82) is 0 Å². The zero-order valence-corrected chi connectivity index (χ0v) is 15.8. The molecule has 0 aliphatic carbocycles. The van der Waals surface area contributed by atoms with E-state index in [0.717, 1.165) is 12.1 Å². The third-order valence-corrected chi connectivity index (χ3v) is 15.3. The van der Waals surface area contributed by atoms with Gasteiger partial charge in [0.2, 0.25) is 0 Å². The maximum absolute atomic E-state index is 6.43. The summed E-state index contributed by atoms with van der Waals surface area (Å²) in [4.78, 5) is 0. The topological polar surface area (TPSA) is 0 Å². The second-order valence-corrected chi connectivity index (χ2v) is 19.9. The molecule has 0 saturated carbocycles. The molecule has 0 atom stereocenters. The highest BCUT2D eigenvalue weighted by Crippen LogP contribution is 2.39. The Morgan fingerprint density at radius 3 is 1.35 bits per heavy atom. The van der Waals surface area contributed by atoms with Gasteiger partial charge in [-0.3, -0.25) is 0 Å². The fourth-order valence-corrected chi connectivity index (χ4v) is 20.8. The van der Waals surface area contributed by atoms with Gasteiger partial charge in [0.25, 0.3) is 13.4 Å². The van der Waals surface area contributed by atoms with Crippen molar-refractivity contribution in [1.82, 2.24) is 0 Å². The lowest BCUT2D eigenvalue weighted by atomic mass is 10.3. The maximum Gasteiger partial charge on any atom is 0.255 e. The normalized spacial score (nSPS) is 15.3. The average Bonchev–Trinajstić information content (AvgIpc) is 2.13. The molecule has 0 rings (SSSR count). The Bertz CT molecular complexity index is 279. The van der Waals surface area contributed by atoms with Gasteiger partial charge in [0, 0.05) is 0 Å². The van der Waals surface area contributed by atoms with Crippen molar-refractivity contribution in [2.45, 2.75) is 45.5 Å². The molecule has 0 nitrogen and oxygen atoms in total. The van der Waals surface area contributed by atoms with Crippen molar-refractivity contribution >= 4 is 57.7 Å². The Morgan fingerprint density at radius 1 is 0.824 bits per heavy atom. The minimum absolute atomic E-state index is 0.614. The summed E-state index contributed by atoms with van der Waals surface area (Å²) in [6, 6.07) is 1.49. The third kappa shape index (κ3) is 8.74. The minimum Gasteiger partial charge on any atom is -0.146 e. The highest BCUT2D eigenvalue weighted by Gasteiger charge is 2.41. The zero-order chi connectivity index (χ0) is 13.7. The van der Waals surface area contributed by atoms with Gasteiger partial charge in [0.15, 0.2) is 0 Å². The van der Waals surface area contributed by atoms with E-state index in [1.807, 2.05) is 39.8 Å². The molecule has 0 aromatic heterocycles. The summed E-state index contributed by atoms with van der Waals surface area (Å²) < 4.78 is 0. The first-order chi connectivity index (χ1) is 7.62. The molecule has 0 heterocycles. The van der Waals surface area contributed by atoms with Crippen LogP contribution in [-0.4, -0.2) is 13.4 Å². The van der Waals surface area contributed by atoms with Gasteiger partial charge in [0.1, 0.15) is 0 Å². The summed E-state index contributed by atoms with van der Waals surface area (Å²) in [7, 11) is 0. The molecule has 0 aliphatic heterocycles. The largest absolute Gasteiger partial charge is 0.255 e. The molecule has 6 heteroatoms. The summed E-state index contributed by atoms with van der Waals surface area (Å²) in [5.41, 5.74) is 3.04. The smallest absolute Gasteiger partial charge is 0.146 e. The molecular weight excluding hydrogens is 330 g/mol. The van der Waals surface area contributed by atoms with E-state index in [1.165, 1.54) is 11.1 Å². The van der Waals surface area contributed by atoms with Crippen molar-refractivity contribution in [2.24, 2.45) is 0 Å². The standard InChI is InChI=1S/C11H20Cl4Si2/c1-5-10(3)7-16(12,13)9-17(14,15)8-11(4)6-2/h5-6H,7-9H2,1-4H3. The first-order valence-corrected chi connectivity index (χ1v) is 14.5. The van der Waals surface area contributed by atoms with Gasteiger partial charge in [-0.05, 0) is 45.5 Å². The third-order valence-electron chi connectivity index (χ3n) is 2.58. The van der Waals surface area contributed by atoms with E-state index < -0.39 is 13.4 Å². The minimum atomic E-state index is -2.36. The molecule has 0 radical (unpaired) electrons. The quantitative estimate of drug-likeness (QED) is 0.300. The Morgan fingerprint density at radius 2 is 1.12 bits per heavy atom. The number of hydrogen-bond acceptors (Lipinski definition) is 0. The van der Waals surface area contributed by atoms with Crippen LogP contribution in [0.1, 0.15) is 27.7 Å². The molecule has 0 bridgehead atoms. The molecule has 100 valence electrons. The molecule has 0 fully saturated rings. The van der Waals surface area contributed by atoms with E-state index in [-0.39, 0.29) is 0 Å². The molecule has 0 spiro atoms. The van der Waals surface area contributed by atoms with E-state index in [2.05, 4.69) is 0 Å². The van der Waals surface area contributed by atoms with Crippen LogP contribution in [0.3, 0.4) is 0 Å². The predicted octanol–water partition coefficient (Wildman–Crippen LogP) is 6.30. The highest BCUT2D eigenvalue weighted by molar-refractivity contribution is 7.56. The summed E-state index contributed by atoms with van der Waals surface area (Å²) in [6.45, 7) is 3.34. The van der Waals surface area contributed by atoms with Crippen LogP contribution >= 0.6 is 44.3 Å². The monoisotopic (exact) mass is 348 g/mol. The number of allylic oxidation sites excluding steroid dienone is 4. The van der Waals surface area contributed by atoms with Gasteiger partial charge in [-0.15, -0.1) is 44.3 Å². The van der Waals surface area contributed by atoms with Crippen molar-refractivity contribution in [3.8, 4) is 0 Å². The lowest BCUT2D eigenvalue weighted by molar-refractivity contribution is 1.31.